The average molecular weight is 177 g/mol. The fraction of sp³-hybridized carbons (Fsp3) is 0. The van der Waals surface area contributed by atoms with Gasteiger partial charge in [0.1, 0.15) is 5.69 Å². The molecule has 0 saturated carbocycles. The van der Waals surface area contributed by atoms with Gasteiger partial charge in [0, 0.05) is 0 Å². The van der Waals surface area contributed by atoms with Gasteiger partial charge in [-0.15, -0.1) is 5.10 Å². The summed E-state index contributed by atoms with van der Waals surface area (Å²) in [5.74, 6) is 0. The molecule has 2 aliphatic rings. The fourth-order valence-electron chi connectivity index (χ4n) is 1.22. The van der Waals surface area contributed by atoms with E-state index >= 15 is 0 Å². The number of fused-ring (bicyclic) bond motifs is 1. The maximum Gasteiger partial charge on any atom is 0.188 e. The molecule has 0 unspecified atom stereocenters. The van der Waals surface area contributed by atoms with E-state index in [1.807, 2.05) is 0 Å². The lowest BCUT2D eigenvalue weighted by molar-refractivity contribution is 0.149. The van der Waals surface area contributed by atoms with Crippen LogP contribution in [0.1, 0.15) is 0 Å². The van der Waals surface area contributed by atoms with Gasteiger partial charge in [0.15, 0.2) is 5.43 Å². The minimum Gasteiger partial charge on any atom is -0.411 e. The van der Waals surface area contributed by atoms with Crippen LogP contribution >= 0.6 is 0 Å². The lowest BCUT2D eigenvalue weighted by atomic mass is 10.1. The molecule has 0 aromatic rings. The molecule has 0 amide bonds. The normalized spacial score (nSPS) is 10.5. The molecule has 5 heteroatoms. The molecular formula is C8H7N3O2. The molecule has 3 N–H and O–H groups in total. The van der Waals surface area contributed by atoms with Crippen molar-refractivity contribution in [1.82, 2.24) is 9.94 Å². The molecule has 66 valence electrons. The van der Waals surface area contributed by atoms with Crippen LogP contribution in [0, 0.1) is 0 Å². The van der Waals surface area contributed by atoms with Gasteiger partial charge in [0.25, 0.3) is 0 Å². The number of nitrogen functional groups attached to an aromatic ring is 1. The minimum absolute atomic E-state index is 0.186. The molecule has 1 aliphatic carbocycles. The maximum absolute atomic E-state index is 11.3. The highest BCUT2D eigenvalue weighted by atomic mass is 16.5. The highest BCUT2D eigenvalue weighted by Gasteiger charge is 2.12. The maximum atomic E-state index is 11.3. The van der Waals surface area contributed by atoms with Crippen molar-refractivity contribution in [3.8, 4) is 11.3 Å². The Bertz CT molecular complexity index is 478. The second-order valence-corrected chi connectivity index (χ2v) is 2.64. The van der Waals surface area contributed by atoms with Gasteiger partial charge >= 0.3 is 0 Å². The molecule has 0 aromatic heterocycles. The van der Waals surface area contributed by atoms with Crippen molar-refractivity contribution in [2.75, 3.05) is 5.73 Å². The molecule has 0 aromatic carbocycles. The van der Waals surface area contributed by atoms with Gasteiger partial charge in [-0.3, -0.25) is 4.79 Å². The van der Waals surface area contributed by atoms with E-state index in [1.54, 1.807) is 0 Å². The quantitative estimate of drug-likeness (QED) is 0.444. The van der Waals surface area contributed by atoms with Crippen molar-refractivity contribution in [3.05, 3.63) is 34.6 Å². The standard InChI is InChI=1S/C8H7N3O2/c9-6-1-2-7(12)5-3-4-10-11(13)8(5)6/h1-4,13H,9H2. The number of rotatable bonds is 0. The smallest absolute Gasteiger partial charge is 0.188 e. The summed E-state index contributed by atoms with van der Waals surface area (Å²) < 4.78 is 0. The van der Waals surface area contributed by atoms with Crippen LogP contribution in [0.15, 0.2) is 29.2 Å². The first-order valence-electron chi connectivity index (χ1n) is 3.66. The number of benzene rings is 1. The van der Waals surface area contributed by atoms with E-state index < -0.39 is 0 Å². The summed E-state index contributed by atoms with van der Waals surface area (Å²) in [6, 6.07) is 4.32. The Balaban J connectivity index is 2.96. The second-order valence-electron chi connectivity index (χ2n) is 2.64. The Labute approximate surface area is 73.3 Å². The molecule has 1 heterocycles. The molecule has 0 fully saturated rings. The monoisotopic (exact) mass is 177 g/mol. The zero-order valence-corrected chi connectivity index (χ0v) is 6.64. The molecule has 5 nitrogen and oxygen atoms in total. The first-order valence-corrected chi connectivity index (χ1v) is 3.66. The third kappa shape index (κ3) is 1.01. The minimum atomic E-state index is -0.186. The second kappa shape index (κ2) is 2.48. The fourth-order valence-corrected chi connectivity index (χ4v) is 1.22. The van der Waals surface area contributed by atoms with E-state index in [4.69, 9.17) is 5.73 Å². The number of aromatic nitrogens is 2. The van der Waals surface area contributed by atoms with E-state index in [9.17, 15) is 10.0 Å². The van der Waals surface area contributed by atoms with Crippen LogP contribution in [0.4, 0.5) is 5.69 Å². The predicted octanol–water partition coefficient (Wildman–Crippen LogP) is 0.168. The summed E-state index contributed by atoms with van der Waals surface area (Å²) in [5, 5.41) is 12.8. The van der Waals surface area contributed by atoms with E-state index in [2.05, 4.69) is 5.10 Å². The number of nitrogens with two attached hydrogens (primary N) is 1. The van der Waals surface area contributed by atoms with Gasteiger partial charge in [-0.05, 0) is 18.2 Å². The van der Waals surface area contributed by atoms with Crippen LogP contribution in [-0.4, -0.2) is 15.2 Å². The Morgan fingerprint density at radius 1 is 1.38 bits per heavy atom. The summed E-state index contributed by atoms with van der Waals surface area (Å²) in [6.07, 6.45) is 1.34. The van der Waals surface area contributed by atoms with Gasteiger partial charge in [0.2, 0.25) is 0 Å². The van der Waals surface area contributed by atoms with Gasteiger partial charge < -0.3 is 10.9 Å². The van der Waals surface area contributed by atoms with E-state index in [-0.39, 0.29) is 11.1 Å². The highest BCUT2D eigenvalue weighted by molar-refractivity contribution is 5.73. The average Bonchev–Trinajstić information content (AvgIpc) is 2.12. The van der Waals surface area contributed by atoms with Gasteiger partial charge in [-0.25, -0.2) is 0 Å². The zero-order chi connectivity index (χ0) is 9.42. The Kier molecular flexibility index (Phi) is 1.45. The molecule has 1 aliphatic heterocycles. The predicted molar refractivity (Wildman–Crippen MR) is 46.7 cm³/mol. The molecule has 0 spiro atoms. The van der Waals surface area contributed by atoms with Gasteiger partial charge in [-0.1, -0.05) is 4.85 Å². The van der Waals surface area contributed by atoms with Crippen LogP contribution in [0.5, 0.6) is 0 Å². The number of nitrogens with zero attached hydrogens (tertiary/aromatic N) is 2. The largest absolute Gasteiger partial charge is 0.411 e. The molecule has 0 bridgehead atoms. The van der Waals surface area contributed by atoms with E-state index in [0.29, 0.717) is 16.1 Å². The Hall–Kier alpha value is -2.04. The molecule has 13 heavy (non-hydrogen) atoms. The molecule has 0 radical (unpaired) electrons. The lowest BCUT2D eigenvalue weighted by Gasteiger charge is -2.08. The summed E-state index contributed by atoms with van der Waals surface area (Å²) in [5.41, 5.74) is 6.31. The van der Waals surface area contributed by atoms with Crippen LogP contribution in [0.3, 0.4) is 0 Å². The third-order valence-corrected chi connectivity index (χ3v) is 1.83. The Morgan fingerprint density at radius 2 is 2.15 bits per heavy atom. The van der Waals surface area contributed by atoms with Crippen molar-refractivity contribution < 1.29 is 5.21 Å². The topological polar surface area (TPSA) is 81.1 Å². The number of anilines is 1. The van der Waals surface area contributed by atoms with Crippen LogP contribution < -0.4 is 11.2 Å². The van der Waals surface area contributed by atoms with Crippen molar-refractivity contribution in [2.24, 2.45) is 0 Å². The summed E-state index contributed by atoms with van der Waals surface area (Å²) in [6.45, 7) is 0. The van der Waals surface area contributed by atoms with Crippen LogP contribution in [0.2, 0.25) is 0 Å². The van der Waals surface area contributed by atoms with Gasteiger partial charge in [0.05, 0.1) is 17.4 Å². The van der Waals surface area contributed by atoms with Crippen molar-refractivity contribution in [2.45, 2.75) is 0 Å². The molecule has 0 atom stereocenters. The van der Waals surface area contributed by atoms with Crippen LogP contribution in [-0.2, 0) is 0 Å². The summed E-state index contributed by atoms with van der Waals surface area (Å²) in [7, 11) is 0. The Morgan fingerprint density at radius 3 is 2.85 bits per heavy atom. The van der Waals surface area contributed by atoms with E-state index in [0.717, 1.165) is 0 Å². The third-order valence-electron chi connectivity index (χ3n) is 1.83. The zero-order valence-electron chi connectivity index (χ0n) is 6.64. The molecule has 2 rings (SSSR count). The first-order chi connectivity index (χ1) is 6.20. The van der Waals surface area contributed by atoms with Crippen LogP contribution in [0.25, 0.3) is 11.3 Å². The highest BCUT2D eigenvalue weighted by Crippen LogP contribution is 2.21. The number of hydrogen-bond acceptors (Lipinski definition) is 4. The summed E-state index contributed by atoms with van der Waals surface area (Å²) in [4.78, 5) is 11.9. The molecular weight excluding hydrogens is 170 g/mol. The lowest BCUT2D eigenvalue weighted by Crippen LogP contribution is -2.14. The van der Waals surface area contributed by atoms with Gasteiger partial charge in [-0.2, -0.15) is 0 Å². The summed E-state index contributed by atoms with van der Waals surface area (Å²) >= 11 is 0. The van der Waals surface area contributed by atoms with E-state index in [1.165, 1.54) is 24.4 Å². The number of hydrogen-bond donors (Lipinski definition) is 2. The first kappa shape index (κ1) is 7.60. The van der Waals surface area contributed by atoms with Crippen molar-refractivity contribution in [3.63, 3.8) is 0 Å². The molecule has 0 saturated heterocycles. The van der Waals surface area contributed by atoms with Crippen molar-refractivity contribution in [1.29, 1.82) is 0 Å². The van der Waals surface area contributed by atoms with Crippen molar-refractivity contribution >= 4 is 5.69 Å². The SMILES string of the molecule is Nc1ccc(=O)c2ccnn(O)c1-2.